The first-order valence-corrected chi connectivity index (χ1v) is 12.4. The predicted octanol–water partition coefficient (Wildman–Crippen LogP) is -1.19. The molecule has 0 unspecified atom stereocenters. The second kappa shape index (κ2) is 12.5. The van der Waals surface area contributed by atoms with E-state index in [9.17, 15) is 8.42 Å². The second-order valence-corrected chi connectivity index (χ2v) is 10.4. The second-order valence-electron chi connectivity index (χ2n) is 6.02. The number of hydrogen-bond acceptors (Lipinski definition) is 4. The third-order valence-electron chi connectivity index (χ3n) is 4.00. The fraction of sp³-hybridized carbons (Fsp3) is 0.647. The summed E-state index contributed by atoms with van der Waals surface area (Å²) in [6.07, 6.45) is 2.11. The highest BCUT2D eigenvalue weighted by Gasteiger charge is 2.23. The van der Waals surface area contributed by atoms with Gasteiger partial charge in [0.25, 0.3) is 0 Å². The van der Waals surface area contributed by atoms with Gasteiger partial charge in [-0.25, -0.2) is 8.42 Å². The van der Waals surface area contributed by atoms with Gasteiger partial charge in [0, 0.05) is 31.0 Å². The molecule has 0 saturated carbocycles. The van der Waals surface area contributed by atoms with Gasteiger partial charge in [0.1, 0.15) is 0 Å². The van der Waals surface area contributed by atoms with Crippen LogP contribution in [-0.2, 0) is 10.0 Å². The minimum absolute atomic E-state index is 0. The van der Waals surface area contributed by atoms with E-state index < -0.39 is 10.0 Å². The summed E-state index contributed by atoms with van der Waals surface area (Å²) in [5.41, 5.74) is 1.08. The summed E-state index contributed by atoms with van der Waals surface area (Å²) in [5.74, 6) is 4.40. The number of rotatable bonds is 2. The smallest absolute Gasteiger partial charge is 0.243 e. The van der Waals surface area contributed by atoms with Crippen molar-refractivity contribution in [3.8, 4) is 0 Å². The van der Waals surface area contributed by atoms with Crippen LogP contribution in [0.25, 0.3) is 0 Å². The highest BCUT2D eigenvalue weighted by molar-refractivity contribution is 8.00. The molecule has 4 nitrogen and oxygen atoms in total. The third-order valence-corrected chi connectivity index (χ3v) is 8.07. The first-order chi connectivity index (χ1) is 11.6. The average Bonchev–Trinajstić information content (AvgIpc) is 2.57. The van der Waals surface area contributed by atoms with E-state index in [1.807, 2.05) is 42.6 Å². The van der Waals surface area contributed by atoms with Gasteiger partial charge in [-0.2, -0.15) is 27.8 Å². The van der Waals surface area contributed by atoms with Crippen LogP contribution in [-0.4, -0.2) is 61.9 Å². The topological polar surface area (TPSA) is 54.0 Å². The minimum Gasteiger partial charge on any atom is -1.00 e. The van der Waals surface area contributed by atoms with E-state index in [0.717, 1.165) is 36.6 Å². The van der Waals surface area contributed by atoms with Crippen LogP contribution in [0.2, 0.25) is 0 Å². The van der Waals surface area contributed by atoms with Crippen LogP contribution in [0.3, 0.4) is 0 Å². The maximum absolute atomic E-state index is 12.9. The Balaban J connectivity index is 0.00000312. The van der Waals surface area contributed by atoms with Crippen molar-refractivity contribution >= 4 is 33.5 Å². The van der Waals surface area contributed by atoms with Gasteiger partial charge in [0.05, 0.1) is 18.0 Å². The third kappa shape index (κ3) is 8.10. The van der Waals surface area contributed by atoms with Crippen molar-refractivity contribution in [3.63, 3.8) is 0 Å². The zero-order chi connectivity index (χ0) is 17.3. The molecule has 8 heteroatoms. The summed E-state index contributed by atoms with van der Waals surface area (Å²) in [5, 5.41) is 2.31. The lowest BCUT2D eigenvalue weighted by Gasteiger charge is -2.22. The van der Waals surface area contributed by atoms with E-state index in [1.165, 1.54) is 17.9 Å². The van der Waals surface area contributed by atoms with Crippen LogP contribution in [0.4, 0.5) is 0 Å². The average molecular weight is 425 g/mol. The molecule has 1 aromatic rings. The lowest BCUT2D eigenvalue weighted by atomic mass is 10.2. The fourth-order valence-corrected chi connectivity index (χ4v) is 6.13. The van der Waals surface area contributed by atoms with Gasteiger partial charge in [0.2, 0.25) is 10.0 Å². The Morgan fingerprint density at radius 3 is 2.32 bits per heavy atom. The monoisotopic (exact) mass is 424 g/mol. The number of nitrogens with two attached hydrogens (primary N) is 1. The summed E-state index contributed by atoms with van der Waals surface area (Å²) in [4.78, 5) is 0.416. The van der Waals surface area contributed by atoms with Crippen LogP contribution in [0.5, 0.6) is 0 Å². The van der Waals surface area contributed by atoms with Gasteiger partial charge in [-0.15, -0.1) is 0 Å². The molecule has 1 aliphatic rings. The van der Waals surface area contributed by atoms with E-state index in [-0.39, 0.29) is 12.4 Å². The molecule has 1 saturated heterocycles. The van der Waals surface area contributed by atoms with Crippen molar-refractivity contribution in [2.75, 3.05) is 49.2 Å². The van der Waals surface area contributed by atoms with Gasteiger partial charge in [-0.05, 0) is 37.0 Å². The van der Waals surface area contributed by atoms with Gasteiger partial charge < -0.3 is 17.7 Å². The zero-order valence-corrected chi connectivity index (χ0v) is 18.0. The van der Waals surface area contributed by atoms with Crippen molar-refractivity contribution in [1.82, 2.24) is 4.31 Å². The van der Waals surface area contributed by atoms with Crippen molar-refractivity contribution < 1.29 is 26.1 Å². The van der Waals surface area contributed by atoms with Gasteiger partial charge in [-0.3, -0.25) is 0 Å². The SMILES string of the molecule is Cc1ccc(S(=O)(=O)N2CCC[NH2+]CCSCCCSCC2)cc1.[Cl-]. The molecule has 0 amide bonds. The molecule has 1 heterocycles. The molecule has 1 fully saturated rings. The van der Waals surface area contributed by atoms with Crippen LogP contribution in [0, 0.1) is 6.92 Å². The Kier molecular flexibility index (Phi) is 11.5. The summed E-state index contributed by atoms with van der Waals surface area (Å²) >= 11 is 3.90. The lowest BCUT2D eigenvalue weighted by Crippen LogP contribution is -3.00. The number of nitrogens with zero attached hydrogens (tertiary/aromatic N) is 1. The predicted molar refractivity (Wildman–Crippen MR) is 105 cm³/mol. The van der Waals surface area contributed by atoms with Crippen LogP contribution in [0.15, 0.2) is 29.2 Å². The van der Waals surface area contributed by atoms with Crippen LogP contribution in [0.1, 0.15) is 18.4 Å². The van der Waals surface area contributed by atoms with Crippen molar-refractivity contribution in [1.29, 1.82) is 0 Å². The first kappa shape index (κ1) is 23.1. The van der Waals surface area contributed by atoms with E-state index in [2.05, 4.69) is 5.32 Å². The number of benzene rings is 1. The Morgan fingerprint density at radius 1 is 0.920 bits per heavy atom. The Bertz CT molecular complexity index is 568. The van der Waals surface area contributed by atoms with Crippen molar-refractivity contribution in [2.45, 2.75) is 24.7 Å². The summed E-state index contributed by atoms with van der Waals surface area (Å²) in [6, 6.07) is 7.20. The molecule has 0 atom stereocenters. The quantitative estimate of drug-likeness (QED) is 0.649. The summed E-state index contributed by atoms with van der Waals surface area (Å²) < 4.78 is 27.6. The molecule has 0 radical (unpaired) electrons. The van der Waals surface area contributed by atoms with Gasteiger partial charge >= 0.3 is 0 Å². The number of quaternary nitrogens is 1. The molecule has 1 aromatic carbocycles. The summed E-state index contributed by atoms with van der Waals surface area (Å²) in [7, 11) is -3.38. The standard InChI is InChI=1S/C17H28N2O2S3.ClH/c1-16-4-6-17(7-5-16)24(20,21)19-10-2-8-18-9-14-22-12-3-13-23-15-11-19;/h4-7,18H,2-3,8-15H2,1H3;1H. The van der Waals surface area contributed by atoms with E-state index in [0.29, 0.717) is 18.0 Å². The number of sulfonamides is 1. The molecule has 2 rings (SSSR count). The van der Waals surface area contributed by atoms with Gasteiger partial charge in [0.15, 0.2) is 0 Å². The normalized spacial score (nSPS) is 19.6. The lowest BCUT2D eigenvalue weighted by molar-refractivity contribution is -0.650. The largest absolute Gasteiger partial charge is 1.00 e. The molecule has 2 N–H and O–H groups in total. The Hall–Kier alpha value is 0.0800. The maximum Gasteiger partial charge on any atom is 0.243 e. The number of hydrogen-bond donors (Lipinski definition) is 1. The maximum atomic E-state index is 12.9. The first-order valence-electron chi connectivity index (χ1n) is 8.65. The minimum atomic E-state index is -3.38. The van der Waals surface area contributed by atoms with Crippen molar-refractivity contribution in [3.05, 3.63) is 29.8 Å². The van der Waals surface area contributed by atoms with Crippen LogP contribution < -0.4 is 17.7 Å². The fourth-order valence-electron chi connectivity index (χ4n) is 2.57. The molecular formula is C17H29ClN2O2S3. The van der Waals surface area contributed by atoms with E-state index >= 15 is 0 Å². The summed E-state index contributed by atoms with van der Waals surface area (Å²) in [6.45, 7) is 5.31. The molecule has 0 aliphatic carbocycles. The van der Waals surface area contributed by atoms with Crippen molar-refractivity contribution in [2.24, 2.45) is 0 Å². The number of aryl methyl sites for hydroxylation is 1. The molecule has 25 heavy (non-hydrogen) atoms. The molecule has 144 valence electrons. The highest BCUT2D eigenvalue weighted by Crippen LogP contribution is 2.18. The Labute approximate surface area is 167 Å². The molecule has 0 aromatic heterocycles. The van der Waals surface area contributed by atoms with Crippen LogP contribution >= 0.6 is 23.5 Å². The number of thioether (sulfide) groups is 2. The van der Waals surface area contributed by atoms with Gasteiger partial charge in [-0.1, -0.05) is 17.7 Å². The van der Waals surface area contributed by atoms with E-state index in [4.69, 9.17) is 0 Å². The molecule has 0 bridgehead atoms. The Morgan fingerprint density at radius 2 is 1.60 bits per heavy atom. The van der Waals surface area contributed by atoms with E-state index in [1.54, 1.807) is 16.4 Å². The zero-order valence-electron chi connectivity index (χ0n) is 14.8. The highest BCUT2D eigenvalue weighted by atomic mass is 35.5. The molecular weight excluding hydrogens is 396 g/mol. The molecule has 1 aliphatic heterocycles. The molecule has 0 spiro atoms. The number of halogens is 1.